The van der Waals surface area contributed by atoms with E-state index in [2.05, 4.69) is 0 Å². The molecule has 0 heterocycles. The molecule has 0 unspecified atom stereocenters. The number of amides is 1. The van der Waals surface area contributed by atoms with Crippen molar-refractivity contribution in [1.29, 1.82) is 5.26 Å². The summed E-state index contributed by atoms with van der Waals surface area (Å²) in [6, 6.07) is 7.01. The van der Waals surface area contributed by atoms with E-state index in [4.69, 9.17) is 16.7 Å². The molecule has 15 heavy (non-hydrogen) atoms. The first-order valence-corrected chi connectivity index (χ1v) is 4.38. The number of carbonyl (C=O) groups excluding carboxylic acids is 1. The first-order valence-electron chi connectivity index (χ1n) is 4.38. The predicted octanol–water partition coefficient (Wildman–Crippen LogP) is 1.03. The second-order valence-electron chi connectivity index (χ2n) is 3.03. The Bertz CT molecular complexity index is 444. The number of carbonyl (C=O) groups is 1. The molecule has 0 atom stereocenters. The van der Waals surface area contributed by atoms with Crippen molar-refractivity contribution in [3.63, 3.8) is 0 Å². The smallest absolute Gasteiger partial charge is 0.221 e. The lowest BCUT2D eigenvalue weighted by Gasteiger charge is -1.99. The standard InChI is InChI=1S/C11H11N3O/c12-7-9-4-5-10(13)6-8(9)2-1-3-11(14)15/h1-2,4-6H,3,13H2,(H2,14,15). The minimum atomic E-state index is -0.409. The Labute approximate surface area is 87.8 Å². The molecule has 4 nitrogen and oxygen atoms in total. The SMILES string of the molecule is N#Cc1ccc(N)cc1C=CCC(N)=O. The Morgan fingerprint density at radius 3 is 2.87 bits per heavy atom. The molecule has 4 N–H and O–H groups in total. The Morgan fingerprint density at radius 2 is 2.27 bits per heavy atom. The summed E-state index contributed by atoms with van der Waals surface area (Å²) in [7, 11) is 0. The number of hydrogen-bond donors (Lipinski definition) is 2. The molecular weight excluding hydrogens is 190 g/mol. The van der Waals surface area contributed by atoms with Gasteiger partial charge in [0.15, 0.2) is 0 Å². The second kappa shape index (κ2) is 4.82. The van der Waals surface area contributed by atoms with Crippen LogP contribution in [0.25, 0.3) is 6.08 Å². The van der Waals surface area contributed by atoms with E-state index in [1.807, 2.05) is 6.07 Å². The number of nitrogen functional groups attached to an aromatic ring is 1. The van der Waals surface area contributed by atoms with Crippen LogP contribution in [0.15, 0.2) is 24.3 Å². The van der Waals surface area contributed by atoms with E-state index < -0.39 is 5.91 Å². The summed E-state index contributed by atoms with van der Waals surface area (Å²) in [5, 5.41) is 8.80. The molecule has 76 valence electrons. The molecule has 0 fully saturated rings. The number of hydrogen-bond acceptors (Lipinski definition) is 3. The van der Waals surface area contributed by atoms with Crippen LogP contribution in [-0.4, -0.2) is 5.91 Å². The quantitative estimate of drug-likeness (QED) is 0.715. The average molecular weight is 201 g/mol. The van der Waals surface area contributed by atoms with Gasteiger partial charge < -0.3 is 11.5 Å². The number of nitriles is 1. The van der Waals surface area contributed by atoms with Crippen LogP contribution in [0.1, 0.15) is 17.5 Å². The highest BCUT2D eigenvalue weighted by atomic mass is 16.1. The van der Waals surface area contributed by atoms with Crippen LogP contribution in [-0.2, 0) is 4.79 Å². The minimum Gasteiger partial charge on any atom is -0.399 e. The van der Waals surface area contributed by atoms with Crippen LogP contribution in [0, 0.1) is 11.3 Å². The molecule has 0 spiro atoms. The molecule has 0 aliphatic heterocycles. The Hall–Kier alpha value is -2.28. The molecule has 0 bridgehead atoms. The summed E-state index contributed by atoms with van der Waals surface area (Å²) in [5.41, 5.74) is 12.3. The first-order chi connectivity index (χ1) is 7.13. The third kappa shape index (κ3) is 3.16. The van der Waals surface area contributed by atoms with Gasteiger partial charge in [0, 0.05) is 12.1 Å². The minimum absolute atomic E-state index is 0.152. The topological polar surface area (TPSA) is 92.9 Å². The zero-order valence-corrected chi connectivity index (χ0v) is 8.10. The van der Waals surface area contributed by atoms with E-state index in [9.17, 15) is 4.79 Å². The van der Waals surface area contributed by atoms with Crippen molar-refractivity contribution in [1.82, 2.24) is 0 Å². The van der Waals surface area contributed by atoms with Gasteiger partial charge in [0.2, 0.25) is 5.91 Å². The van der Waals surface area contributed by atoms with Gasteiger partial charge in [-0.05, 0) is 23.8 Å². The van der Waals surface area contributed by atoms with Gasteiger partial charge >= 0.3 is 0 Å². The van der Waals surface area contributed by atoms with Gasteiger partial charge in [0.1, 0.15) is 0 Å². The number of nitrogens with two attached hydrogens (primary N) is 2. The lowest BCUT2D eigenvalue weighted by Crippen LogP contribution is -2.07. The van der Waals surface area contributed by atoms with Crippen molar-refractivity contribution in [3.8, 4) is 6.07 Å². The summed E-state index contributed by atoms with van der Waals surface area (Å²) in [6.45, 7) is 0. The fraction of sp³-hybridized carbons (Fsp3) is 0.0909. The number of benzene rings is 1. The fourth-order valence-electron chi connectivity index (χ4n) is 1.12. The van der Waals surface area contributed by atoms with Gasteiger partial charge in [-0.1, -0.05) is 12.2 Å². The lowest BCUT2D eigenvalue weighted by molar-refractivity contribution is -0.117. The normalized spacial score (nSPS) is 10.1. The molecular formula is C11H11N3O. The van der Waals surface area contributed by atoms with Crippen molar-refractivity contribution >= 4 is 17.7 Å². The predicted molar refractivity (Wildman–Crippen MR) is 58.4 cm³/mol. The lowest BCUT2D eigenvalue weighted by atomic mass is 10.1. The molecule has 0 aromatic heterocycles. The van der Waals surface area contributed by atoms with Crippen molar-refractivity contribution in [2.75, 3.05) is 5.73 Å². The molecule has 0 aliphatic carbocycles. The molecule has 0 aliphatic rings. The molecule has 1 aromatic carbocycles. The van der Waals surface area contributed by atoms with Crippen LogP contribution in [0.3, 0.4) is 0 Å². The number of nitrogens with zero attached hydrogens (tertiary/aromatic N) is 1. The van der Waals surface area contributed by atoms with Crippen LogP contribution >= 0.6 is 0 Å². The zero-order chi connectivity index (χ0) is 11.3. The maximum atomic E-state index is 10.5. The molecule has 1 aromatic rings. The maximum Gasteiger partial charge on any atom is 0.221 e. The Balaban J connectivity index is 2.93. The molecule has 0 saturated carbocycles. The summed E-state index contributed by atoms with van der Waals surface area (Å²) in [5.74, 6) is -0.409. The summed E-state index contributed by atoms with van der Waals surface area (Å²) < 4.78 is 0. The van der Waals surface area contributed by atoms with E-state index in [-0.39, 0.29) is 6.42 Å². The third-order valence-corrected chi connectivity index (χ3v) is 1.81. The summed E-state index contributed by atoms with van der Waals surface area (Å²) in [6.07, 6.45) is 3.43. The zero-order valence-electron chi connectivity index (χ0n) is 8.10. The summed E-state index contributed by atoms with van der Waals surface area (Å²) >= 11 is 0. The van der Waals surface area contributed by atoms with Gasteiger partial charge in [-0.3, -0.25) is 4.79 Å². The van der Waals surface area contributed by atoms with Gasteiger partial charge in [-0.25, -0.2) is 0 Å². The van der Waals surface area contributed by atoms with E-state index in [1.165, 1.54) is 0 Å². The Kier molecular flexibility index (Phi) is 3.47. The molecule has 1 rings (SSSR count). The number of rotatable bonds is 3. The molecule has 0 radical (unpaired) electrons. The van der Waals surface area contributed by atoms with Crippen molar-refractivity contribution < 1.29 is 4.79 Å². The maximum absolute atomic E-state index is 10.5. The average Bonchev–Trinajstić information content (AvgIpc) is 2.17. The van der Waals surface area contributed by atoms with Crippen LogP contribution < -0.4 is 11.5 Å². The fourth-order valence-corrected chi connectivity index (χ4v) is 1.12. The number of anilines is 1. The van der Waals surface area contributed by atoms with Crippen molar-refractivity contribution in [2.45, 2.75) is 6.42 Å². The van der Waals surface area contributed by atoms with Crippen LogP contribution in [0.2, 0.25) is 0 Å². The second-order valence-corrected chi connectivity index (χ2v) is 3.03. The summed E-state index contributed by atoms with van der Waals surface area (Å²) in [4.78, 5) is 10.5. The van der Waals surface area contributed by atoms with Crippen molar-refractivity contribution in [2.24, 2.45) is 5.73 Å². The van der Waals surface area contributed by atoms with Gasteiger partial charge in [0.05, 0.1) is 11.6 Å². The van der Waals surface area contributed by atoms with E-state index in [0.717, 1.165) is 0 Å². The van der Waals surface area contributed by atoms with E-state index in [0.29, 0.717) is 16.8 Å². The molecule has 0 saturated heterocycles. The van der Waals surface area contributed by atoms with Gasteiger partial charge in [-0.2, -0.15) is 5.26 Å². The highest BCUT2D eigenvalue weighted by molar-refractivity contribution is 5.77. The number of primary amides is 1. The molecule has 1 amide bonds. The highest BCUT2D eigenvalue weighted by Crippen LogP contribution is 2.14. The van der Waals surface area contributed by atoms with E-state index >= 15 is 0 Å². The van der Waals surface area contributed by atoms with Gasteiger partial charge in [-0.15, -0.1) is 0 Å². The van der Waals surface area contributed by atoms with Crippen LogP contribution in [0.4, 0.5) is 5.69 Å². The highest BCUT2D eigenvalue weighted by Gasteiger charge is 1.98. The van der Waals surface area contributed by atoms with Crippen molar-refractivity contribution in [3.05, 3.63) is 35.4 Å². The third-order valence-electron chi connectivity index (χ3n) is 1.81. The largest absolute Gasteiger partial charge is 0.399 e. The first kappa shape index (κ1) is 10.8. The van der Waals surface area contributed by atoms with Crippen LogP contribution in [0.5, 0.6) is 0 Å². The monoisotopic (exact) mass is 201 g/mol. The molecule has 4 heteroatoms. The Morgan fingerprint density at radius 1 is 1.53 bits per heavy atom. The van der Waals surface area contributed by atoms with E-state index in [1.54, 1.807) is 30.4 Å². The van der Waals surface area contributed by atoms with Gasteiger partial charge in [0.25, 0.3) is 0 Å².